The van der Waals surface area contributed by atoms with Gasteiger partial charge in [0.25, 0.3) is 5.69 Å². The van der Waals surface area contributed by atoms with E-state index in [9.17, 15) is 19.3 Å². The highest BCUT2D eigenvalue weighted by Crippen LogP contribution is 2.30. The van der Waals surface area contributed by atoms with E-state index in [4.69, 9.17) is 16.3 Å². The Morgan fingerprint density at radius 1 is 1.55 bits per heavy atom. The molecule has 1 aromatic carbocycles. The van der Waals surface area contributed by atoms with Gasteiger partial charge in [-0.2, -0.15) is 0 Å². The van der Waals surface area contributed by atoms with Gasteiger partial charge in [0.15, 0.2) is 0 Å². The number of ether oxygens (including phenoxy) is 1. The largest absolute Gasteiger partial charge is 0.466 e. The van der Waals surface area contributed by atoms with Gasteiger partial charge in [-0.1, -0.05) is 11.6 Å². The molecule has 8 heteroatoms. The monoisotopic (exact) mass is 304 g/mol. The number of carbonyl (C=O) groups excluding carboxylic acids is 1. The SMILES string of the molecule is CCOC(=O)CCCNc1cc(Cl)c(F)cc1[N+](=O)[O-]. The number of hydrogen-bond acceptors (Lipinski definition) is 5. The molecule has 6 nitrogen and oxygen atoms in total. The molecule has 0 aliphatic carbocycles. The Hall–Kier alpha value is -1.89. The van der Waals surface area contributed by atoms with E-state index in [2.05, 4.69) is 5.32 Å². The summed E-state index contributed by atoms with van der Waals surface area (Å²) in [6, 6.07) is 1.91. The molecule has 0 fully saturated rings. The number of hydrogen-bond donors (Lipinski definition) is 1. The summed E-state index contributed by atoms with van der Waals surface area (Å²) >= 11 is 5.58. The van der Waals surface area contributed by atoms with Crippen LogP contribution in [0.5, 0.6) is 0 Å². The zero-order valence-corrected chi connectivity index (χ0v) is 11.6. The zero-order valence-electron chi connectivity index (χ0n) is 10.8. The van der Waals surface area contributed by atoms with Crippen LogP contribution in [0.2, 0.25) is 5.02 Å². The lowest BCUT2D eigenvalue weighted by Gasteiger charge is -2.08. The first-order chi connectivity index (χ1) is 9.45. The van der Waals surface area contributed by atoms with Crippen molar-refractivity contribution >= 4 is 28.9 Å². The van der Waals surface area contributed by atoms with E-state index >= 15 is 0 Å². The topological polar surface area (TPSA) is 81.5 Å². The Labute approximate surface area is 120 Å². The molecule has 0 spiro atoms. The number of nitrogens with one attached hydrogen (secondary N) is 1. The fraction of sp³-hybridized carbons (Fsp3) is 0.417. The van der Waals surface area contributed by atoms with Gasteiger partial charge in [0.1, 0.15) is 11.5 Å². The maximum Gasteiger partial charge on any atom is 0.305 e. The van der Waals surface area contributed by atoms with Crippen LogP contribution in [-0.4, -0.2) is 24.0 Å². The van der Waals surface area contributed by atoms with Crippen LogP contribution >= 0.6 is 11.6 Å². The molecule has 0 amide bonds. The lowest BCUT2D eigenvalue weighted by atomic mass is 10.2. The van der Waals surface area contributed by atoms with Gasteiger partial charge in [-0.25, -0.2) is 4.39 Å². The quantitative estimate of drug-likeness (QED) is 0.362. The van der Waals surface area contributed by atoms with Crippen molar-refractivity contribution in [1.29, 1.82) is 0 Å². The number of nitro benzene ring substituents is 1. The summed E-state index contributed by atoms with van der Waals surface area (Å²) in [5.74, 6) is -1.18. The van der Waals surface area contributed by atoms with Crippen LogP contribution in [0.4, 0.5) is 15.8 Å². The van der Waals surface area contributed by atoms with Crippen molar-refractivity contribution in [2.45, 2.75) is 19.8 Å². The summed E-state index contributed by atoms with van der Waals surface area (Å²) in [7, 11) is 0. The third kappa shape index (κ3) is 4.65. The van der Waals surface area contributed by atoms with E-state index in [0.29, 0.717) is 19.6 Å². The first-order valence-corrected chi connectivity index (χ1v) is 6.36. The number of esters is 1. The molecular formula is C12H14ClFN2O4. The maximum atomic E-state index is 13.2. The Balaban J connectivity index is 2.61. The van der Waals surface area contributed by atoms with Crippen LogP contribution in [-0.2, 0) is 9.53 Å². The summed E-state index contributed by atoms with van der Waals surface area (Å²) in [5, 5.41) is 13.3. The summed E-state index contributed by atoms with van der Waals surface area (Å²) in [5.41, 5.74) is -0.284. The Kier molecular flexibility index (Phi) is 6.17. The highest BCUT2D eigenvalue weighted by atomic mass is 35.5. The van der Waals surface area contributed by atoms with Crippen molar-refractivity contribution < 1.29 is 18.8 Å². The highest BCUT2D eigenvalue weighted by molar-refractivity contribution is 6.31. The minimum Gasteiger partial charge on any atom is -0.466 e. The van der Waals surface area contributed by atoms with Crippen LogP contribution in [0.3, 0.4) is 0 Å². The van der Waals surface area contributed by atoms with Crippen molar-refractivity contribution in [3.8, 4) is 0 Å². The number of nitro groups is 1. The Bertz CT molecular complexity index is 510. The minimum absolute atomic E-state index is 0.116. The van der Waals surface area contributed by atoms with Crippen molar-refractivity contribution in [3.05, 3.63) is 33.1 Å². The fourth-order valence-corrected chi connectivity index (χ4v) is 1.68. The number of anilines is 1. The molecule has 0 aliphatic rings. The van der Waals surface area contributed by atoms with E-state index in [1.165, 1.54) is 0 Å². The van der Waals surface area contributed by atoms with Gasteiger partial charge in [-0.15, -0.1) is 0 Å². The molecule has 1 aromatic rings. The van der Waals surface area contributed by atoms with E-state index < -0.39 is 16.4 Å². The molecule has 1 N–H and O–H groups in total. The van der Waals surface area contributed by atoms with Crippen molar-refractivity contribution in [2.24, 2.45) is 0 Å². The van der Waals surface area contributed by atoms with E-state index in [0.717, 1.165) is 12.1 Å². The first kappa shape index (κ1) is 16.2. The molecule has 0 bridgehead atoms. The molecule has 110 valence electrons. The summed E-state index contributed by atoms with van der Waals surface area (Å²) in [6.45, 7) is 2.33. The van der Waals surface area contributed by atoms with E-state index in [-0.39, 0.29) is 23.1 Å². The third-order valence-corrected chi connectivity index (χ3v) is 2.70. The normalized spacial score (nSPS) is 10.2. The lowest BCUT2D eigenvalue weighted by Crippen LogP contribution is -2.09. The molecule has 1 rings (SSSR count). The lowest BCUT2D eigenvalue weighted by molar-refractivity contribution is -0.384. The van der Waals surface area contributed by atoms with Crippen LogP contribution in [0.25, 0.3) is 0 Å². The first-order valence-electron chi connectivity index (χ1n) is 5.98. The van der Waals surface area contributed by atoms with Crippen molar-refractivity contribution in [2.75, 3.05) is 18.5 Å². The van der Waals surface area contributed by atoms with Gasteiger partial charge in [0.05, 0.1) is 22.6 Å². The van der Waals surface area contributed by atoms with E-state index in [1.807, 2.05) is 0 Å². The van der Waals surface area contributed by atoms with Crippen molar-refractivity contribution in [3.63, 3.8) is 0 Å². The third-order valence-electron chi connectivity index (χ3n) is 2.41. The number of halogens is 2. The molecule has 0 aliphatic heterocycles. The van der Waals surface area contributed by atoms with Gasteiger partial charge in [0, 0.05) is 13.0 Å². The second kappa shape index (κ2) is 7.64. The van der Waals surface area contributed by atoms with Crippen molar-refractivity contribution in [1.82, 2.24) is 0 Å². The second-order valence-electron chi connectivity index (χ2n) is 3.88. The predicted octanol–water partition coefficient (Wildman–Crippen LogP) is 3.14. The highest BCUT2D eigenvalue weighted by Gasteiger charge is 2.17. The molecule has 0 atom stereocenters. The second-order valence-corrected chi connectivity index (χ2v) is 4.28. The average molecular weight is 305 g/mol. The molecule has 20 heavy (non-hydrogen) atoms. The van der Waals surface area contributed by atoms with Gasteiger partial charge in [-0.3, -0.25) is 14.9 Å². The standard InChI is InChI=1S/C12H14ClFN2O4/c1-2-20-12(17)4-3-5-15-10-6-8(13)9(14)7-11(10)16(18)19/h6-7,15H,2-5H2,1H3. The van der Waals surface area contributed by atoms with Crippen LogP contribution in [0, 0.1) is 15.9 Å². The maximum absolute atomic E-state index is 13.2. The van der Waals surface area contributed by atoms with Gasteiger partial charge in [0.2, 0.25) is 0 Å². The molecular weight excluding hydrogens is 291 g/mol. The summed E-state index contributed by atoms with van der Waals surface area (Å²) in [6.07, 6.45) is 0.633. The molecule has 0 aromatic heterocycles. The molecule has 0 saturated carbocycles. The van der Waals surface area contributed by atoms with Gasteiger partial charge in [-0.05, 0) is 19.4 Å². The minimum atomic E-state index is -0.851. The van der Waals surface area contributed by atoms with Crippen LogP contribution in [0.15, 0.2) is 12.1 Å². The molecule has 0 heterocycles. The number of rotatable bonds is 7. The Morgan fingerprint density at radius 2 is 2.25 bits per heavy atom. The summed E-state index contributed by atoms with van der Waals surface area (Å²) in [4.78, 5) is 21.2. The molecule has 0 saturated heterocycles. The fourth-order valence-electron chi connectivity index (χ4n) is 1.52. The van der Waals surface area contributed by atoms with Crippen LogP contribution in [0.1, 0.15) is 19.8 Å². The van der Waals surface area contributed by atoms with E-state index in [1.54, 1.807) is 6.92 Å². The zero-order chi connectivity index (χ0) is 15.1. The number of nitrogens with zero attached hydrogens (tertiary/aromatic N) is 1. The molecule has 0 unspecified atom stereocenters. The van der Waals surface area contributed by atoms with Gasteiger partial charge < -0.3 is 10.1 Å². The predicted molar refractivity (Wildman–Crippen MR) is 72.4 cm³/mol. The number of carbonyl (C=O) groups is 1. The van der Waals surface area contributed by atoms with Gasteiger partial charge >= 0.3 is 5.97 Å². The average Bonchev–Trinajstić information content (AvgIpc) is 2.38. The summed E-state index contributed by atoms with van der Waals surface area (Å²) < 4.78 is 17.9. The molecule has 0 radical (unpaired) electrons. The Morgan fingerprint density at radius 3 is 2.85 bits per heavy atom. The smallest absolute Gasteiger partial charge is 0.305 e. The van der Waals surface area contributed by atoms with Crippen LogP contribution < -0.4 is 5.32 Å². The number of benzene rings is 1.